The second kappa shape index (κ2) is 7.39. The highest BCUT2D eigenvalue weighted by Gasteiger charge is 2.30. The summed E-state index contributed by atoms with van der Waals surface area (Å²) >= 11 is 12.1. The van der Waals surface area contributed by atoms with Gasteiger partial charge in [-0.15, -0.1) is 0 Å². The van der Waals surface area contributed by atoms with E-state index >= 15 is 0 Å². The van der Waals surface area contributed by atoms with Crippen LogP contribution in [0.5, 0.6) is 0 Å². The quantitative estimate of drug-likeness (QED) is 0.748. The maximum Gasteiger partial charge on any atom is 0.243 e. The van der Waals surface area contributed by atoms with Crippen molar-refractivity contribution in [1.29, 1.82) is 0 Å². The zero-order valence-electron chi connectivity index (χ0n) is 15.1. The molecule has 0 radical (unpaired) electrons. The fraction of sp³-hybridized carbons (Fsp3) is 0.368. The Morgan fingerprint density at radius 3 is 2.12 bits per heavy atom. The van der Waals surface area contributed by atoms with Crippen molar-refractivity contribution in [2.24, 2.45) is 0 Å². The first kappa shape index (κ1) is 19.5. The van der Waals surface area contributed by atoms with Gasteiger partial charge in [-0.3, -0.25) is 0 Å². The highest BCUT2D eigenvalue weighted by atomic mass is 35.5. The first-order valence-electron chi connectivity index (χ1n) is 8.49. The van der Waals surface area contributed by atoms with E-state index in [1.54, 1.807) is 16.4 Å². The Hall–Kier alpha value is -1.27. The van der Waals surface area contributed by atoms with Gasteiger partial charge in [-0.05, 0) is 61.7 Å². The molecule has 0 aliphatic carbocycles. The van der Waals surface area contributed by atoms with Gasteiger partial charge in [-0.25, -0.2) is 8.42 Å². The molecule has 0 amide bonds. The topological polar surface area (TPSA) is 40.6 Å². The van der Waals surface area contributed by atoms with Gasteiger partial charge in [-0.2, -0.15) is 4.31 Å². The largest absolute Gasteiger partial charge is 0.369 e. The number of aryl methyl sites for hydroxylation is 1. The van der Waals surface area contributed by atoms with Crippen molar-refractivity contribution in [3.63, 3.8) is 0 Å². The van der Waals surface area contributed by atoms with Gasteiger partial charge in [0, 0.05) is 31.9 Å². The van der Waals surface area contributed by atoms with Gasteiger partial charge in [0.25, 0.3) is 0 Å². The summed E-state index contributed by atoms with van der Waals surface area (Å²) in [6.07, 6.45) is 0. The average Bonchev–Trinajstić information content (AvgIpc) is 2.62. The van der Waals surface area contributed by atoms with Gasteiger partial charge in [0.05, 0.1) is 14.9 Å². The zero-order valence-corrected chi connectivity index (χ0v) is 17.4. The SMILES string of the molecule is Cc1ccc(S(=O)(=O)N2CCN(c3ccc(Cl)c(Cl)c3)CC2)c(C)c1C. The second-order valence-electron chi connectivity index (χ2n) is 6.62. The Morgan fingerprint density at radius 1 is 0.846 bits per heavy atom. The van der Waals surface area contributed by atoms with Crippen LogP contribution in [0.15, 0.2) is 35.2 Å². The van der Waals surface area contributed by atoms with E-state index in [1.165, 1.54) is 0 Å². The maximum absolute atomic E-state index is 13.1. The Labute approximate surface area is 165 Å². The van der Waals surface area contributed by atoms with E-state index in [9.17, 15) is 8.42 Å². The van der Waals surface area contributed by atoms with Crippen LogP contribution in [-0.2, 0) is 10.0 Å². The fourth-order valence-electron chi connectivity index (χ4n) is 3.22. The van der Waals surface area contributed by atoms with Crippen LogP contribution < -0.4 is 4.90 Å². The summed E-state index contributed by atoms with van der Waals surface area (Å²) in [4.78, 5) is 2.53. The summed E-state index contributed by atoms with van der Waals surface area (Å²) in [5.41, 5.74) is 3.92. The first-order chi connectivity index (χ1) is 12.2. The number of nitrogens with zero attached hydrogens (tertiary/aromatic N) is 2. The Bertz CT molecular complexity index is 937. The minimum atomic E-state index is -3.49. The molecule has 4 nitrogen and oxygen atoms in total. The highest BCUT2D eigenvalue weighted by Crippen LogP contribution is 2.29. The molecule has 7 heteroatoms. The van der Waals surface area contributed by atoms with Gasteiger partial charge in [0.15, 0.2) is 0 Å². The van der Waals surface area contributed by atoms with Crippen LogP contribution in [0.2, 0.25) is 10.0 Å². The average molecular weight is 413 g/mol. The van der Waals surface area contributed by atoms with E-state index in [4.69, 9.17) is 23.2 Å². The maximum atomic E-state index is 13.1. The molecular weight excluding hydrogens is 391 g/mol. The molecule has 3 rings (SSSR count). The lowest BCUT2D eigenvalue weighted by atomic mass is 10.1. The molecule has 0 spiro atoms. The Kier molecular flexibility index (Phi) is 5.54. The monoisotopic (exact) mass is 412 g/mol. The first-order valence-corrected chi connectivity index (χ1v) is 10.7. The molecule has 0 saturated carbocycles. The van der Waals surface area contributed by atoms with Crippen LogP contribution in [0.4, 0.5) is 5.69 Å². The van der Waals surface area contributed by atoms with Crippen molar-refractivity contribution in [3.8, 4) is 0 Å². The number of hydrogen-bond donors (Lipinski definition) is 0. The molecule has 2 aromatic rings. The van der Waals surface area contributed by atoms with Crippen molar-refractivity contribution in [2.75, 3.05) is 31.1 Å². The number of piperazine rings is 1. The molecule has 0 unspecified atom stereocenters. The minimum absolute atomic E-state index is 0.406. The molecule has 0 aromatic heterocycles. The number of anilines is 1. The van der Waals surface area contributed by atoms with E-state index in [2.05, 4.69) is 4.90 Å². The van der Waals surface area contributed by atoms with E-state index in [0.717, 1.165) is 22.4 Å². The summed E-state index contributed by atoms with van der Waals surface area (Å²) < 4.78 is 27.7. The van der Waals surface area contributed by atoms with Gasteiger partial charge in [0.1, 0.15) is 0 Å². The molecule has 1 aliphatic rings. The van der Waals surface area contributed by atoms with Crippen LogP contribution in [0.3, 0.4) is 0 Å². The van der Waals surface area contributed by atoms with Gasteiger partial charge >= 0.3 is 0 Å². The van der Waals surface area contributed by atoms with Crippen LogP contribution >= 0.6 is 23.2 Å². The van der Waals surface area contributed by atoms with Gasteiger partial charge in [-0.1, -0.05) is 29.3 Å². The highest BCUT2D eigenvalue weighted by molar-refractivity contribution is 7.89. The van der Waals surface area contributed by atoms with Crippen LogP contribution in [0.1, 0.15) is 16.7 Å². The molecule has 1 aliphatic heterocycles. The van der Waals surface area contributed by atoms with E-state index in [-0.39, 0.29) is 0 Å². The van der Waals surface area contributed by atoms with Gasteiger partial charge < -0.3 is 4.90 Å². The zero-order chi connectivity index (χ0) is 19.1. The van der Waals surface area contributed by atoms with Crippen molar-refractivity contribution in [1.82, 2.24) is 4.31 Å². The molecule has 0 bridgehead atoms. The molecule has 26 heavy (non-hydrogen) atoms. The molecular formula is C19H22Cl2N2O2S. The predicted octanol–water partition coefficient (Wildman–Crippen LogP) is 4.43. The van der Waals surface area contributed by atoms with Crippen molar-refractivity contribution in [2.45, 2.75) is 25.7 Å². The van der Waals surface area contributed by atoms with Crippen LogP contribution in [-0.4, -0.2) is 38.9 Å². The number of hydrogen-bond acceptors (Lipinski definition) is 3. The summed E-state index contributed by atoms with van der Waals surface area (Å²) in [5.74, 6) is 0. The normalized spacial score (nSPS) is 16.1. The lowest BCUT2D eigenvalue weighted by Gasteiger charge is -2.35. The molecule has 1 fully saturated rings. The number of sulfonamides is 1. The molecule has 1 heterocycles. The number of rotatable bonds is 3. The fourth-order valence-corrected chi connectivity index (χ4v) is 5.21. The predicted molar refractivity (Wildman–Crippen MR) is 108 cm³/mol. The smallest absolute Gasteiger partial charge is 0.243 e. The third-order valence-corrected chi connectivity index (χ3v) is 7.92. The lowest BCUT2D eigenvalue weighted by Crippen LogP contribution is -2.48. The van der Waals surface area contributed by atoms with E-state index in [0.29, 0.717) is 41.1 Å². The molecule has 0 atom stereocenters. The summed E-state index contributed by atoms with van der Waals surface area (Å²) in [6, 6.07) is 9.09. The van der Waals surface area contributed by atoms with Crippen molar-refractivity contribution >= 4 is 38.9 Å². The lowest BCUT2D eigenvalue weighted by molar-refractivity contribution is 0.384. The third-order valence-electron chi connectivity index (χ3n) is 5.13. The number of benzene rings is 2. The standard InChI is InChI=1S/C19H22Cl2N2O2S/c1-13-4-7-19(15(3)14(13)2)26(24,25)23-10-8-22(9-11-23)16-5-6-17(20)18(21)12-16/h4-7,12H,8-11H2,1-3H3. The third kappa shape index (κ3) is 3.58. The minimum Gasteiger partial charge on any atom is -0.369 e. The van der Waals surface area contributed by atoms with Crippen molar-refractivity contribution < 1.29 is 8.42 Å². The van der Waals surface area contributed by atoms with Crippen LogP contribution in [0, 0.1) is 20.8 Å². The van der Waals surface area contributed by atoms with E-state index in [1.807, 2.05) is 39.0 Å². The summed E-state index contributed by atoms with van der Waals surface area (Å²) in [6.45, 7) is 7.94. The second-order valence-corrected chi connectivity index (χ2v) is 9.34. The molecule has 1 saturated heterocycles. The molecule has 2 aromatic carbocycles. The summed E-state index contributed by atoms with van der Waals surface area (Å²) in [7, 11) is -3.49. The molecule has 0 N–H and O–H groups in total. The van der Waals surface area contributed by atoms with E-state index < -0.39 is 10.0 Å². The Morgan fingerprint density at radius 2 is 1.50 bits per heavy atom. The number of halogens is 2. The van der Waals surface area contributed by atoms with Crippen molar-refractivity contribution in [3.05, 3.63) is 57.1 Å². The van der Waals surface area contributed by atoms with Gasteiger partial charge in [0.2, 0.25) is 10.0 Å². The van der Waals surface area contributed by atoms with Crippen LogP contribution in [0.25, 0.3) is 0 Å². The molecule has 140 valence electrons. The Balaban J connectivity index is 1.79. The summed E-state index contributed by atoms with van der Waals surface area (Å²) in [5, 5.41) is 1.02.